The Balaban J connectivity index is 2.05. The molecule has 0 fully saturated rings. The molecule has 18 heavy (non-hydrogen) atoms. The second-order valence-electron chi connectivity index (χ2n) is 3.71. The first-order valence-electron chi connectivity index (χ1n) is 5.19. The number of aromatic nitrogens is 5. The quantitative estimate of drug-likeness (QED) is 0.728. The van der Waals surface area contributed by atoms with Gasteiger partial charge < -0.3 is 14.2 Å². The molecule has 0 radical (unpaired) electrons. The summed E-state index contributed by atoms with van der Waals surface area (Å²) in [5.41, 5.74) is 1.18. The van der Waals surface area contributed by atoms with E-state index >= 15 is 0 Å². The third kappa shape index (κ3) is 1.61. The summed E-state index contributed by atoms with van der Waals surface area (Å²) in [5, 5.41) is 13.5. The van der Waals surface area contributed by atoms with Gasteiger partial charge in [0, 0.05) is 13.2 Å². The van der Waals surface area contributed by atoms with E-state index in [0.29, 0.717) is 11.4 Å². The normalized spacial score (nSPS) is 10.7. The van der Waals surface area contributed by atoms with Gasteiger partial charge in [-0.25, -0.2) is 4.98 Å². The molecule has 0 bridgehead atoms. The molecule has 0 aliphatic carbocycles. The lowest BCUT2D eigenvalue weighted by Crippen LogP contribution is -1.90. The Labute approximate surface area is 102 Å². The predicted molar refractivity (Wildman–Crippen MR) is 61.4 cm³/mol. The van der Waals surface area contributed by atoms with E-state index in [9.17, 15) is 5.11 Å². The molecule has 0 saturated carbocycles. The maximum absolute atomic E-state index is 9.65. The molecule has 1 N–H and O–H groups in total. The third-order valence-corrected chi connectivity index (χ3v) is 2.50. The summed E-state index contributed by atoms with van der Waals surface area (Å²) in [5.74, 6) is 0.657. The lowest BCUT2D eigenvalue weighted by molar-refractivity contribution is 0.425. The number of hydrogen-bond donors (Lipinski definition) is 1. The van der Waals surface area contributed by atoms with Crippen LogP contribution in [0, 0.1) is 0 Å². The highest BCUT2D eigenvalue weighted by atomic mass is 16.5. The van der Waals surface area contributed by atoms with Crippen LogP contribution in [0.5, 0.6) is 5.75 Å². The molecule has 0 aliphatic rings. The monoisotopic (exact) mass is 243 g/mol. The van der Waals surface area contributed by atoms with E-state index in [-0.39, 0.29) is 11.6 Å². The maximum atomic E-state index is 9.65. The number of nitrogens with zero attached hydrogens (tertiary/aromatic N) is 5. The van der Waals surface area contributed by atoms with Crippen LogP contribution in [0.4, 0.5) is 0 Å². The van der Waals surface area contributed by atoms with Crippen molar-refractivity contribution < 1.29 is 9.63 Å². The van der Waals surface area contributed by atoms with Crippen LogP contribution in [0.15, 0.2) is 35.5 Å². The van der Waals surface area contributed by atoms with Crippen molar-refractivity contribution in [3.05, 3.63) is 31.0 Å². The van der Waals surface area contributed by atoms with Crippen LogP contribution in [-0.4, -0.2) is 29.8 Å². The second-order valence-corrected chi connectivity index (χ2v) is 3.71. The number of aromatic hydroxyl groups is 1. The minimum absolute atomic E-state index is 0.00212. The number of imidazole rings is 1. The molecule has 7 nitrogen and oxygen atoms in total. The summed E-state index contributed by atoms with van der Waals surface area (Å²) in [6.07, 6.45) is 6.16. The minimum atomic E-state index is -0.00212. The van der Waals surface area contributed by atoms with Crippen LogP contribution in [0.2, 0.25) is 0 Å². The van der Waals surface area contributed by atoms with Gasteiger partial charge in [-0.2, -0.15) is 4.98 Å². The lowest BCUT2D eigenvalue weighted by atomic mass is 10.2. The Bertz CT molecular complexity index is 688. The minimum Gasteiger partial charge on any atom is -0.505 e. The van der Waals surface area contributed by atoms with E-state index in [1.165, 1.54) is 6.20 Å². The highest BCUT2D eigenvalue weighted by Crippen LogP contribution is 2.27. The zero-order valence-electron chi connectivity index (χ0n) is 9.48. The van der Waals surface area contributed by atoms with Crippen LogP contribution < -0.4 is 0 Å². The highest BCUT2D eigenvalue weighted by molar-refractivity contribution is 5.62. The second kappa shape index (κ2) is 3.95. The molecule has 0 unspecified atom stereocenters. The van der Waals surface area contributed by atoms with Crippen LogP contribution >= 0.6 is 0 Å². The Morgan fingerprint density at radius 1 is 1.28 bits per heavy atom. The Hall–Kier alpha value is -2.70. The molecular weight excluding hydrogens is 234 g/mol. The summed E-state index contributed by atoms with van der Waals surface area (Å²) in [7, 11) is 1.84. The zero-order chi connectivity index (χ0) is 12.5. The van der Waals surface area contributed by atoms with E-state index in [2.05, 4.69) is 20.1 Å². The van der Waals surface area contributed by atoms with Gasteiger partial charge in [-0.05, 0) is 6.07 Å². The molecule has 3 heterocycles. The fraction of sp³-hybridized carbons (Fsp3) is 0.0909. The summed E-state index contributed by atoms with van der Waals surface area (Å²) >= 11 is 0. The first-order valence-corrected chi connectivity index (χ1v) is 5.19. The van der Waals surface area contributed by atoms with Crippen LogP contribution in [0.25, 0.3) is 23.0 Å². The molecule has 7 heteroatoms. The van der Waals surface area contributed by atoms with E-state index in [1.807, 2.05) is 7.05 Å². The molecule has 3 aromatic heterocycles. The maximum Gasteiger partial charge on any atom is 0.262 e. The number of pyridine rings is 1. The molecule has 3 aromatic rings. The molecule has 0 amide bonds. The van der Waals surface area contributed by atoms with Crippen molar-refractivity contribution >= 4 is 0 Å². The smallest absolute Gasteiger partial charge is 0.262 e. The SMILES string of the molecule is Cn1cncc1-c1noc(-c2ccncc2O)n1. The lowest BCUT2D eigenvalue weighted by Gasteiger charge is -1.96. The Kier molecular flexibility index (Phi) is 2.30. The van der Waals surface area contributed by atoms with Gasteiger partial charge >= 0.3 is 0 Å². The average Bonchev–Trinajstić information content (AvgIpc) is 2.98. The molecule has 0 spiro atoms. The molecule has 0 aromatic carbocycles. The fourth-order valence-electron chi connectivity index (χ4n) is 1.58. The van der Waals surface area contributed by atoms with Crippen molar-refractivity contribution in [1.29, 1.82) is 0 Å². The predicted octanol–water partition coefficient (Wildman–Crippen LogP) is 1.24. The fourth-order valence-corrected chi connectivity index (χ4v) is 1.58. The van der Waals surface area contributed by atoms with E-state index in [4.69, 9.17) is 4.52 Å². The van der Waals surface area contributed by atoms with Crippen LogP contribution in [-0.2, 0) is 7.05 Å². The largest absolute Gasteiger partial charge is 0.505 e. The summed E-state index contributed by atoms with van der Waals surface area (Å²) in [6.45, 7) is 0. The van der Waals surface area contributed by atoms with Crippen molar-refractivity contribution in [2.45, 2.75) is 0 Å². The van der Waals surface area contributed by atoms with Gasteiger partial charge in [0.2, 0.25) is 5.82 Å². The van der Waals surface area contributed by atoms with Crippen molar-refractivity contribution in [3.8, 4) is 28.7 Å². The number of aryl methyl sites for hydroxylation is 1. The molecule has 3 rings (SSSR count). The molecule has 0 atom stereocenters. The van der Waals surface area contributed by atoms with E-state index in [1.54, 1.807) is 29.4 Å². The summed E-state index contributed by atoms with van der Waals surface area (Å²) < 4.78 is 6.90. The van der Waals surface area contributed by atoms with Crippen molar-refractivity contribution in [2.24, 2.45) is 7.05 Å². The van der Waals surface area contributed by atoms with Gasteiger partial charge in [0.1, 0.15) is 11.4 Å². The molecule has 0 aliphatic heterocycles. The summed E-state index contributed by atoms with van der Waals surface area (Å²) in [6, 6.07) is 1.61. The van der Waals surface area contributed by atoms with Gasteiger partial charge in [-0.15, -0.1) is 0 Å². The van der Waals surface area contributed by atoms with E-state index < -0.39 is 0 Å². The van der Waals surface area contributed by atoms with Gasteiger partial charge in [0.15, 0.2) is 0 Å². The summed E-state index contributed by atoms with van der Waals surface area (Å²) in [4.78, 5) is 12.0. The molecular formula is C11H9N5O2. The molecule has 0 saturated heterocycles. The topological polar surface area (TPSA) is 89.9 Å². The van der Waals surface area contributed by atoms with Crippen molar-refractivity contribution in [1.82, 2.24) is 24.7 Å². The van der Waals surface area contributed by atoms with E-state index in [0.717, 1.165) is 5.69 Å². The number of hydrogen-bond acceptors (Lipinski definition) is 6. The van der Waals surface area contributed by atoms with Gasteiger partial charge in [-0.1, -0.05) is 5.16 Å². The van der Waals surface area contributed by atoms with Gasteiger partial charge in [-0.3, -0.25) is 4.98 Å². The Morgan fingerprint density at radius 3 is 2.89 bits per heavy atom. The average molecular weight is 243 g/mol. The molecule has 90 valence electrons. The standard InChI is InChI=1S/C11H9N5O2/c1-16-6-13-4-8(16)10-14-11(18-15-10)7-2-3-12-5-9(7)17/h2-6,17H,1H3. The third-order valence-electron chi connectivity index (χ3n) is 2.50. The zero-order valence-corrected chi connectivity index (χ0v) is 9.48. The van der Waals surface area contributed by atoms with Crippen molar-refractivity contribution in [3.63, 3.8) is 0 Å². The highest BCUT2D eigenvalue weighted by Gasteiger charge is 2.15. The van der Waals surface area contributed by atoms with Crippen molar-refractivity contribution in [2.75, 3.05) is 0 Å². The first-order chi connectivity index (χ1) is 8.75. The van der Waals surface area contributed by atoms with Crippen LogP contribution in [0.3, 0.4) is 0 Å². The number of rotatable bonds is 2. The first kappa shape index (κ1) is 10.5. The van der Waals surface area contributed by atoms with Crippen LogP contribution in [0.1, 0.15) is 0 Å². The van der Waals surface area contributed by atoms with Gasteiger partial charge in [0.05, 0.1) is 24.3 Å². The Morgan fingerprint density at radius 2 is 2.17 bits per heavy atom. The van der Waals surface area contributed by atoms with Gasteiger partial charge in [0.25, 0.3) is 5.89 Å².